The minimum atomic E-state index is -0.519. The Bertz CT molecular complexity index is 362. The summed E-state index contributed by atoms with van der Waals surface area (Å²) >= 11 is 0. The molecule has 0 aromatic carbocycles. The number of aliphatic hydroxyl groups is 1. The second-order valence-corrected chi connectivity index (χ2v) is 3.11. The molecule has 0 spiro atoms. The fraction of sp³-hybridized carbons (Fsp3) is 0.400. The first-order chi connectivity index (χ1) is 8.22. The van der Waals surface area contributed by atoms with Gasteiger partial charge in [0.05, 0.1) is 37.9 Å². The number of urea groups is 1. The number of anilines is 1. The fourth-order valence-electron chi connectivity index (χ4n) is 1.06. The summed E-state index contributed by atoms with van der Waals surface area (Å²) in [4.78, 5) is 14.9. The Morgan fingerprint density at radius 2 is 2.29 bits per heavy atom. The molecule has 0 fully saturated rings. The second kappa shape index (κ2) is 7.53. The number of nitrogens with zero attached hydrogens (tertiary/aromatic N) is 1. The van der Waals surface area contributed by atoms with E-state index in [0.29, 0.717) is 13.2 Å². The molecule has 7 heteroatoms. The zero-order valence-electron chi connectivity index (χ0n) is 9.15. The molecule has 0 radical (unpaired) electrons. The van der Waals surface area contributed by atoms with Gasteiger partial charge in [0.15, 0.2) is 0 Å². The molecule has 94 valence electrons. The summed E-state index contributed by atoms with van der Waals surface area (Å²) < 4.78 is 17.7. The summed E-state index contributed by atoms with van der Waals surface area (Å²) in [6.45, 7) is 0.780. The van der Waals surface area contributed by atoms with Crippen LogP contribution in [0.5, 0.6) is 0 Å². The van der Waals surface area contributed by atoms with Gasteiger partial charge in [0.2, 0.25) is 0 Å². The Kier molecular flexibility index (Phi) is 5.91. The molecule has 6 nitrogen and oxygen atoms in total. The van der Waals surface area contributed by atoms with Crippen molar-refractivity contribution >= 4 is 11.7 Å². The van der Waals surface area contributed by atoms with Gasteiger partial charge in [0, 0.05) is 12.6 Å². The van der Waals surface area contributed by atoms with Crippen LogP contribution in [0.3, 0.4) is 0 Å². The average Bonchev–Trinajstić information content (AvgIpc) is 2.29. The van der Waals surface area contributed by atoms with E-state index in [1.54, 1.807) is 0 Å². The van der Waals surface area contributed by atoms with Crippen LogP contribution in [0.25, 0.3) is 0 Å². The molecule has 0 saturated heterocycles. The van der Waals surface area contributed by atoms with Gasteiger partial charge in [-0.1, -0.05) is 0 Å². The van der Waals surface area contributed by atoms with Crippen LogP contribution in [0.15, 0.2) is 18.5 Å². The number of pyridine rings is 1. The molecular formula is C10H14FN3O3. The number of carbonyl (C=O) groups is 1. The highest BCUT2D eigenvalue weighted by Gasteiger charge is 2.01. The molecule has 1 aromatic rings. The van der Waals surface area contributed by atoms with Gasteiger partial charge >= 0.3 is 6.03 Å². The zero-order valence-corrected chi connectivity index (χ0v) is 9.15. The van der Waals surface area contributed by atoms with Gasteiger partial charge in [0.1, 0.15) is 5.82 Å². The van der Waals surface area contributed by atoms with E-state index in [1.165, 1.54) is 6.20 Å². The third-order valence-electron chi connectivity index (χ3n) is 1.73. The van der Waals surface area contributed by atoms with Crippen LogP contribution in [0.1, 0.15) is 0 Å². The second-order valence-electron chi connectivity index (χ2n) is 3.11. The molecule has 0 aliphatic carbocycles. The Morgan fingerprint density at radius 3 is 3.00 bits per heavy atom. The molecule has 0 aliphatic rings. The van der Waals surface area contributed by atoms with Crippen molar-refractivity contribution in [3.63, 3.8) is 0 Å². The number of hydrogen-bond donors (Lipinski definition) is 3. The van der Waals surface area contributed by atoms with E-state index in [9.17, 15) is 9.18 Å². The first-order valence-corrected chi connectivity index (χ1v) is 5.06. The molecule has 1 heterocycles. The van der Waals surface area contributed by atoms with E-state index >= 15 is 0 Å². The van der Waals surface area contributed by atoms with E-state index in [0.717, 1.165) is 12.3 Å². The van der Waals surface area contributed by atoms with E-state index in [2.05, 4.69) is 15.6 Å². The molecule has 0 bridgehead atoms. The van der Waals surface area contributed by atoms with Gasteiger partial charge in [0.25, 0.3) is 0 Å². The Balaban J connectivity index is 2.21. The number of rotatable bonds is 6. The maximum absolute atomic E-state index is 12.7. The largest absolute Gasteiger partial charge is 0.394 e. The molecule has 17 heavy (non-hydrogen) atoms. The number of aromatic nitrogens is 1. The van der Waals surface area contributed by atoms with Gasteiger partial charge in [-0.2, -0.15) is 0 Å². The summed E-state index contributed by atoms with van der Waals surface area (Å²) in [6.07, 6.45) is 2.39. The van der Waals surface area contributed by atoms with Gasteiger partial charge in [-0.05, 0) is 0 Å². The minimum Gasteiger partial charge on any atom is -0.394 e. The summed E-state index contributed by atoms with van der Waals surface area (Å²) in [5, 5.41) is 13.3. The predicted molar refractivity (Wildman–Crippen MR) is 59.1 cm³/mol. The number of ether oxygens (including phenoxy) is 1. The van der Waals surface area contributed by atoms with E-state index in [-0.39, 0.29) is 18.9 Å². The van der Waals surface area contributed by atoms with Crippen molar-refractivity contribution in [3.8, 4) is 0 Å². The van der Waals surface area contributed by atoms with Crippen molar-refractivity contribution in [1.29, 1.82) is 0 Å². The van der Waals surface area contributed by atoms with E-state index in [4.69, 9.17) is 9.84 Å². The number of halogens is 1. The highest BCUT2D eigenvalue weighted by molar-refractivity contribution is 5.88. The van der Waals surface area contributed by atoms with Crippen molar-refractivity contribution < 1.29 is 19.0 Å². The zero-order chi connectivity index (χ0) is 12.5. The molecule has 2 amide bonds. The molecule has 0 saturated carbocycles. The van der Waals surface area contributed by atoms with E-state index in [1.807, 2.05) is 0 Å². The molecule has 1 rings (SSSR count). The smallest absolute Gasteiger partial charge is 0.319 e. The fourth-order valence-corrected chi connectivity index (χ4v) is 1.06. The summed E-state index contributed by atoms with van der Waals surface area (Å²) in [5.41, 5.74) is 0.277. The molecule has 0 aliphatic heterocycles. The first kappa shape index (κ1) is 13.3. The molecule has 0 atom stereocenters. The predicted octanol–water partition coefficient (Wildman–Crippen LogP) is 0.351. The lowest BCUT2D eigenvalue weighted by Gasteiger charge is -2.07. The van der Waals surface area contributed by atoms with Crippen LogP contribution in [-0.2, 0) is 4.74 Å². The maximum Gasteiger partial charge on any atom is 0.319 e. The van der Waals surface area contributed by atoms with Gasteiger partial charge < -0.3 is 20.5 Å². The van der Waals surface area contributed by atoms with Crippen LogP contribution >= 0.6 is 0 Å². The highest BCUT2D eigenvalue weighted by Crippen LogP contribution is 2.05. The van der Waals surface area contributed by atoms with Crippen molar-refractivity contribution in [2.75, 3.05) is 31.7 Å². The standard InChI is InChI=1S/C10H14FN3O3/c11-8-5-9(7-12-6-8)14-10(16)13-1-3-17-4-2-15/h5-7,15H,1-4H2,(H2,13,14,16). The summed E-state index contributed by atoms with van der Waals surface area (Å²) in [6, 6.07) is 0.694. The van der Waals surface area contributed by atoms with Crippen molar-refractivity contribution in [2.24, 2.45) is 0 Å². The lowest BCUT2D eigenvalue weighted by molar-refractivity contribution is 0.0950. The normalized spacial score (nSPS) is 10.0. The van der Waals surface area contributed by atoms with E-state index < -0.39 is 11.8 Å². The average molecular weight is 243 g/mol. The minimum absolute atomic E-state index is 0.0544. The lowest BCUT2D eigenvalue weighted by atomic mass is 10.4. The topological polar surface area (TPSA) is 83.5 Å². The Morgan fingerprint density at radius 1 is 1.47 bits per heavy atom. The molecular weight excluding hydrogens is 229 g/mol. The quantitative estimate of drug-likeness (QED) is 0.629. The van der Waals surface area contributed by atoms with Crippen molar-refractivity contribution in [2.45, 2.75) is 0 Å². The van der Waals surface area contributed by atoms with Crippen LogP contribution in [0.4, 0.5) is 14.9 Å². The number of carbonyl (C=O) groups excluding carboxylic acids is 1. The first-order valence-electron chi connectivity index (χ1n) is 5.06. The van der Waals surface area contributed by atoms with Crippen LogP contribution in [0.2, 0.25) is 0 Å². The van der Waals surface area contributed by atoms with Gasteiger partial charge in [-0.15, -0.1) is 0 Å². The molecule has 3 N–H and O–H groups in total. The Hall–Kier alpha value is -1.73. The van der Waals surface area contributed by atoms with Gasteiger partial charge in [-0.3, -0.25) is 4.98 Å². The monoisotopic (exact) mass is 243 g/mol. The maximum atomic E-state index is 12.7. The summed E-state index contributed by atoms with van der Waals surface area (Å²) in [7, 11) is 0. The third kappa shape index (κ3) is 5.79. The highest BCUT2D eigenvalue weighted by atomic mass is 19.1. The van der Waals surface area contributed by atoms with Gasteiger partial charge in [-0.25, -0.2) is 9.18 Å². The Labute approximate surface area is 97.8 Å². The van der Waals surface area contributed by atoms with Crippen LogP contribution < -0.4 is 10.6 Å². The number of nitrogens with one attached hydrogen (secondary N) is 2. The molecule has 0 unspecified atom stereocenters. The number of aliphatic hydroxyl groups excluding tert-OH is 1. The van der Waals surface area contributed by atoms with Crippen molar-refractivity contribution in [1.82, 2.24) is 10.3 Å². The molecule has 1 aromatic heterocycles. The SMILES string of the molecule is O=C(NCCOCCO)Nc1cncc(F)c1. The van der Waals surface area contributed by atoms with Crippen LogP contribution in [-0.4, -0.2) is 42.5 Å². The lowest BCUT2D eigenvalue weighted by Crippen LogP contribution is -2.31. The number of amides is 2. The number of hydrogen-bond acceptors (Lipinski definition) is 4. The summed E-state index contributed by atoms with van der Waals surface area (Å²) in [5.74, 6) is -0.519. The van der Waals surface area contributed by atoms with Crippen LogP contribution in [0, 0.1) is 5.82 Å². The third-order valence-corrected chi connectivity index (χ3v) is 1.73. The van der Waals surface area contributed by atoms with Crippen molar-refractivity contribution in [3.05, 3.63) is 24.3 Å².